The Bertz CT molecular complexity index is 712. The van der Waals surface area contributed by atoms with E-state index in [1.807, 2.05) is 35.7 Å². The maximum Gasteiger partial charge on any atom is 0.237 e. The fourth-order valence-corrected chi connectivity index (χ4v) is 3.60. The number of rotatable bonds is 4. The Morgan fingerprint density at radius 3 is 3.05 bits per heavy atom. The van der Waals surface area contributed by atoms with Crippen molar-refractivity contribution in [3.63, 3.8) is 0 Å². The summed E-state index contributed by atoms with van der Waals surface area (Å²) in [5.74, 6) is 1.83. The van der Waals surface area contributed by atoms with Crippen LogP contribution in [0.2, 0.25) is 0 Å². The molecule has 3 aromatic rings. The molecule has 0 bridgehead atoms. The van der Waals surface area contributed by atoms with Crippen molar-refractivity contribution in [2.75, 3.05) is 5.73 Å². The number of thiophene rings is 1. The van der Waals surface area contributed by atoms with Crippen LogP contribution >= 0.6 is 39.0 Å². The molecule has 0 aliphatic carbocycles. The second-order valence-corrected chi connectivity index (χ2v) is 6.84. The minimum absolute atomic E-state index is 0.595. The smallest absolute Gasteiger partial charge is 0.237 e. The van der Waals surface area contributed by atoms with Crippen LogP contribution < -0.4 is 5.73 Å². The molecule has 0 radical (unpaired) electrons. The van der Waals surface area contributed by atoms with Crippen molar-refractivity contribution in [2.24, 2.45) is 0 Å². The maximum absolute atomic E-state index is 5.93. The van der Waals surface area contributed by atoms with Crippen LogP contribution in [0.5, 0.6) is 0 Å². The van der Waals surface area contributed by atoms with Gasteiger partial charge in [0.2, 0.25) is 11.7 Å². The molecule has 0 aliphatic rings. The third kappa shape index (κ3) is 3.05. The number of thioether (sulfide) groups is 1. The molecule has 2 N–H and O–H groups in total. The van der Waals surface area contributed by atoms with Crippen LogP contribution in [0.4, 0.5) is 5.69 Å². The summed E-state index contributed by atoms with van der Waals surface area (Å²) in [7, 11) is 0. The van der Waals surface area contributed by atoms with E-state index < -0.39 is 0 Å². The van der Waals surface area contributed by atoms with Crippen LogP contribution in [0, 0.1) is 0 Å². The van der Waals surface area contributed by atoms with Crippen molar-refractivity contribution in [2.45, 2.75) is 10.6 Å². The van der Waals surface area contributed by atoms with Crippen LogP contribution in [-0.4, -0.2) is 10.1 Å². The fourth-order valence-electron chi connectivity index (χ4n) is 1.59. The minimum atomic E-state index is 0.595. The topological polar surface area (TPSA) is 64.9 Å². The molecule has 3 rings (SSSR count). The van der Waals surface area contributed by atoms with E-state index in [0.717, 1.165) is 19.9 Å². The Kier molecular flexibility index (Phi) is 4.09. The Balaban J connectivity index is 1.71. The van der Waals surface area contributed by atoms with Gasteiger partial charge < -0.3 is 10.3 Å². The number of hydrogen-bond donors (Lipinski definition) is 1. The zero-order valence-corrected chi connectivity index (χ0v) is 13.5. The fraction of sp³-hybridized carbons (Fsp3) is 0.0769. The third-order valence-electron chi connectivity index (χ3n) is 2.54. The number of nitrogen functional groups attached to an aromatic ring is 1. The summed E-state index contributed by atoms with van der Waals surface area (Å²) < 4.78 is 6.25. The second kappa shape index (κ2) is 5.99. The lowest BCUT2D eigenvalue weighted by atomic mass is 10.3. The number of benzene rings is 1. The molecular weight excluding hydrogens is 358 g/mol. The summed E-state index contributed by atoms with van der Waals surface area (Å²) in [6.45, 7) is 0. The van der Waals surface area contributed by atoms with Crippen molar-refractivity contribution < 1.29 is 4.52 Å². The molecule has 0 unspecified atom stereocenters. The van der Waals surface area contributed by atoms with Gasteiger partial charge in [0.15, 0.2) is 0 Å². The lowest BCUT2D eigenvalue weighted by Gasteiger charge is -2.03. The lowest BCUT2D eigenvalue weighted by Crippen LogP contribution is -1.89. The van der Waals surface area contributed by atoms with Gasteiger partial charge in [0, 0.05) is 15.1 Å². The monoisotopic (exact) mass is 367 g/mol. The van der Waals surface area contributed by atoms with Gasteiger partial charge in [-0.2, -0.15) is 4.98 Å². The number of anilines is 1. The molecule has 1 aromatic carbocycles. The summed E-state index contributed by atoms with van der Waals surface area (Å²) in [5, 5.41) is 5.97. The molecule has 0 aliphatic heterocycles. The molecular formula is C13H10BrN3OS2. The van der Waals surface area contributed by atoms with Crippen molar-refractivity contribution in [3.05, 3.63) is 46.1 Å². The Hall–Kier alpha value is -1.31. The molecule has 4 nitrogen and oxygen atoms in total. The molecule has 0 saturated carbocycles. The summed E-state index contributed by atoms with van der Waals surface area (Å²) in [4.78, 5) is 6.38. The van der Waals surface area contributed by atoms with Gasteiger partial charge in [0.25, 0.3) is 0 Å². The highest BCUT2D eigenvalue weighted by Gasteiger charge is 2.10. The van der Waals surface area contributed by atoms with E-state index >= 15 is 0 Å². The van der Waals surface area contributed by atoms with E-state index in [-0.39, 0.29) is 0 Å². The van der Waals surface area contributed by atoms with Crippen molar-refractivity contribution in [3.8, 4) is 10.7 Å². The van der Waals surface area contributed by atoms with E-state index in [9.17, 15) is 0 Å². The number of aromatic nitrogens is 2. The van der Waals surface area contributed by atoms with Gasteiger partial charge in [-0.15, -0.1) is 23.1 Å². The summed E-state index contributed by atoms with van der Waals surface area (Å²) in [6.07, 6.45) is 0. The van der Waals surface area contributed by atoms with Crippen molar-refractivity contribution in [1.29, 1.82) is 0 Å². The van der Waals surface area contributed by atoms with Gasteiger partial charge in [0.1, 0.15) is 0 Å². The lowest BCUT2D eigenvalue weighted by molar-refractivity contribution is 0.392. The predicted molar refractivity (Wildman–Crippen MR) is 85.7 cm³/mol. The average Bonchev–Trinajstić information content (AvgIpc) is 3.09. The van der Waals surface area contributed by atoms with Crippen LogP contribution in [0.25, 0.3) is 10.7 Å². The highest BCUT2D eigenvalue weighted by Crippen LogP contribution is 2.31. The molecule has 0 atom stereocenters. The highest BCUT2D eigenvalue weighted by molar-refractivity contribution is 9.10. The quantitative estimate of drug-likeness (QED) is 0.545. The number of hydrogen-bond acceptors (Lipinski definition) is 6. The minimum Gasteiger partial charge on any atom is -0.398 e. The molecule has 2 aromatic heterocycles. The van der Waals surface area contributed by atoms with E-state index in [1.165, 1.54) is 0 Å². The van der Waals surface area contributed by atoms with Gasteiger partial charge in [-0.05, 0) is 29.6 Å². The first-order chi connectivity index (χ1) is 9.72. The molecule has 7 heteroatoms. The largest absolute Gasteiger partial charge is 0.398 e. The first-order valence-corrected chi connectivity index (χ1v) is 8.42. The van der Waals surface area contributed by atoms with E-state index in [4.69, 9.17) is 10.3 Å². The van der Waals surface area contributed by atoms with Crippen molar-refractivity contribution in [1.82, 2.24) is 10.1 Å². The van der Waals surface area contributed by atoms with Crippen LogP contribution in [0.1, 0.15) is 5.89 Å². The summed E-state index contributed by atoms with van der Waals surface area (Å²) in [6, 6.07) is 9.71. The number of nitrogens with two attached hydrogens (primary N) is 1. The van der Waals surface area contributed by atoms with Gasteiger partial charge in [-0.1, -0.05) is 27.2 Å². The van der Waals surface area contributed by atoms with Gasteiger partial charge in [-0.3, -0.25) is 0 Å². The zero-order chi connectivity index (χ0) is 13.9. The number of halogens is 1. The zero-order valence-electron chi connectivity index (χ0n) is 10.2. The molecule has 0 fully saturated rings. The molecule has 0 spiro atoms. The Morgan fingerprint density at radius 2 is 2.25 bits per heavy atom. The normalized spacial score (nSPS) is 10.8. The third-order valence-corrected chi connectivity index (χ3v) is 4.95. The molecule has 0 saturated heterocycles. The van der Waals surface area contributed by atoms with E-state index in [1.54, 1.807) is 23.1 Å². The van der Waals surface area contributed by atoms with Gasteiger partial charge in [0.05, 0.1) is 10.6 Å². The van der Waals surface area contributed by atoms with E-state index in [0.29, 0.717) is 17.5 Å². The Labute approximate surface area is 132 Å². The van der Waals surface area contributed by atoms with Gasteiger partial charge in [-0.25, -0.2) is 0 Å². The van der Waals surface area contributed by atoms with Crippen LogP contribution in [0.3, 0.4) is 0 Å². The first-order valence-electron chi connectivity index (χ1n) is 5.76. The van der Waals surface area contributed by atoms with Gasteiger partial charge >= 0.3 is 0 Å². The standard InChI is InChI=1S/C13H10BrN3OS2/c14-8-3-4-9(15)11(6-8)20-7-12-16-13(17-18-12)10-2-1-5-19-10/h1-6H,7,15H2. The van der Waals surface area contributed by atoms with Crippen LogP contribution in [-0.2, 0) is 5.75 Å². The van der Waals surface area contributed by atoms with E-state index in [2.05, 4.69) is 26.1 Å². The molecule has 20 heavy (non-hydrogen) atoms. The SMILES string of the molecule is Nc1ccc(Br)cc1SCc1nc(-c2cccs2)no1. The summed E-state index contributed by atoms with van der Waals surface area (Å²) in [5.41, 5.74) is 6.68. The molecule has 2 heterocycles. The second-order valence-electron chi connectivity index (χ2n) is 3.96. The predicted octanol–water partition coefficient (Wildman–Crippen LogP) is 4.44. The van der Waals surface area contributed by atoms with Crippen molar-refractivity contribution >= 4 is 44.7 Å². The first kappa shape index (κ1) is 13.7. The molecule has 0 amide bonds. The highest BCUT2D eigenvalue weighted by atomic mass is 79.9. The summed E-state index contributed by atoms with van der Waals surface area (Å²) >= 11 is 6.60. The Morgan fingerprint density at radius 1 is 1.35 bits per heavy atom. The van der Waals surface area contributed by atoms with Crippen LogP contribution in [0.15, 0.2) is 49.6 Å². The maximum atomic E-state index is 5.93. The average molecular weight is 368 g/mol. The number of nitrogens with zero attached hydrogens (tertiary/aromatic N) is 2. The molecule has 102 valence electrons.